The summed E-state index contributed by atoms with van der Waals surface area (Å²) in [6.07, 6.45) is -8.80. The van der Waals surface area contributed by atoms with E-state index in [-0.39, 0.29) is 17.2 Å². The van der Waals surface area contributed by atoms with Crippen molar-refractivity contribution in [3.05, 3.63) is 45.0 Å². The third-order valence-corrected chi connectivity index (χ3v) is 10.6. The zero-order valence-corrected chi connectivity index (χ0v) is 27.6. The molecule has 4 heterocycles. The molecule has 2 aliphatic rings. The van der Waals surface area contributed by atoms with E-state index in [0.29, 0.717) is 4.57 Å². The van der Waals surface area contributed by atoms with Crippen molar-refractivity contribution < 1.29 is 91.6 Å². The molecule has 2 unspecified atom stereocenters. The van der Waals surface area contributed by atoms with Gasteiger partial charge in [0, 0.05) is 18.0 Å². The number of nitrogens with zero attached hydrogens (tertiary/aromatic N) is 4. The van der Waals surface area contributed by atoms with Crippen molar-refractivity contribution in [2.24, 2.45) is 0 Å². The molecular formula is C20H33N6O21P3. The van der Waals surface area contributed by atoms with Crippen LogP contribution in [0.4, 0.5) is 11.6 Å². The molecule has 4 rings (SSSR count). The number of anilines is 2. The van der Waals surface area contributed by atoms with E-state index in [2.05, 4.69) is 23.1 Å². The molecule has 284 valence electrons. The Morgan fingerprint density at radius 1 is 0.880 bits per heavy atom. The van der Waals surface area contributed by atoms with E-state index < -0.39 is 110 Å². The summed E-state index contributed by atoms with van der Waals surface area (Å²) in [5.74, 6) is -0.318. The highest BCUT2D eigenvalue weighted by molar-refractivity contribution is 7.66. The Labute approximate surface area is 277 Å². The zero-order valence-electron chi connectivity index (χ0n) is 24.9. The van der Waals surface area contributed by atoms with Crippen molar-refractivity contribution in [3.63, 3.8) is 0 Å². The number of phosphoric ester groups is 1. The predicted molar refractivity (Wildman–Crippen MR) is 157 cm³/mol. The van der Waals surface area contributed by atoms with Crippen LogP contribution in [-0.4, -0.2) is 131 Å². The van der Waals surface area contributed by atoms with Gasteiger partial charge >= 0.3 is 34.8 Å². The quantitative estimate of drug-likeness (QED) is 0.0890. The summed E-state index contributed by atoms with van der Waals surface area (Å²) in [6, 6.07) is 1.29. The number of hydrogen-bond acceptors (Lipinski definition) is 21. The first-order valence-electron chi connectivity index (χ1n) is 13.4. The molecule has 0 aliphatic carbocycles. The Bertz CT molecular complexity index is 1770. The van der Waals surface area contributed by atoms with E-state index in [1.54, 1.807) is 0 Å². The molecule has 0 saturated carbocycles. The maximum atomic E-state index is 12.0. The summed E-state index contributed by atoms with van der Waals surface area (Å²) in [5, 5.41) is 67.6. The number of aliphatic hydroxyl groups excluding tert-OH is 7. The molecule has 10 atom stereocenters. The van der Waals surface area contributed by atoms with Gasteiger partial charge in [-0.2, -0.15) is 18.6 Å². The van der Waals surface area contributed by atoms with Crippen LogP contribution in [0.25, 0.3) is 0 Å². The van der Waals surface area contributed by atoms with Crippen molar-refractivity contribution in [1.29, 1.82) is 0 Å². The average molecular weight is 786 g/mol. The molecule has 15 N–H and O–H groups in total. The van der Waals surface area contributed by atoms with Gasteiger partial charge in [-0.25, -0.2) is 23.3 Å². The maximum Gasteiger partial charge on any atom is 0.490 e. The standard InChI is InChI=1S/C10H18N3O15P3.C10H15N3O6/c11-8-4(2-14)1-13(10(17)12-8)9-7(16)6(15)5(26-9)3-25-30(21,22)28-31(23,24)27-29(18,19)20;11-6-1-2-13(9(18)12-6)10(4-15)8(17)7(16)5(3-14)19-10/h1,5-7,9,14-16H,2-3H2,(H,21,22)(H,23,24)(H2,11,12,17)(H2,18,19,20);1-2,5,7-8,14-17H,3-4H2,(H2,11,12,18)/t5-,6-,7-,9-;5-,7-,8-,10-/m11/s1. The molecule has 2 fully saturated rings. The van der Waals surface area contributed by atoms with Crippen LogP contribution in [0, 0.1) is 0 Å². The maximum absolute atomic E-state index is 12.0. The smallest absolute Gasteiger partial charge is 0.394 e. The first kappa shape index (κ1) is 41.8. The highest BCUT2D eigenvalue weighted by atomic mass is 31.3. The Morgan fingerprint density at radius 3 is 2.04 bits per heavy atom. The topological polar surface area (TPSA) is 442 Å². The van der Waals surface area contributed by atoms with E-state index in [1.165, 1.54) is 12.3 Å². The molecule has 2 aliphatic heterocycles. The average Bonchev–Trinajstić information content (AvgIpc) is 3.42. The summed E-state index contributed by atoms with van der Waals surface area (Å²) in [6.45, 7) is -3.05. The van der Waals surface area contributed by atoms with Crippen molar-refractivity contribution in [3.8, 4) is 0 Å². The molecule has 2 aromatic rings. The van der Waals surface area contributed by atoms with Crippen molar-refractivity contribution >= 4 is 35.1 Å². The monoisotopic (exact) mass is 786 g/mol. The molecule has 0 bridgehead atoms. The second-order valence-electron chi connectivity index (χ2n) is 10.2. The largest absolute Gasteiger partial charge is 0.490 e. The van der Waals surface area contributed by atoms with Gasteiger partial charge in [-0.15, -0.1) is 0 Å². The Kier molecular flexibility index (Phi) is 13.4. The minimum absolute atomic E-state index is 0.0124. The SMILES string of the molecule is Nc1ccn([C@]2(CO)O[C@H](CO)[C@@H](O)[C@H]2O)c(=O)n1.Nc1nc(=O)n([C@@H]2O[C@H](COP(=O)(O)OP(=O)(O)OP(=O)(O)O)[C@@H](O)[C@H]2O)cc1CO. The van der Waals surface area contributed by atoms with Crippen molar-refractivity contribution in [1.82, 2.24) is 19.1 Å². The van der Waals surface area contributed by atoms with E-state index in [4.69, 9.17) is 40.7 Å². The fourth-order valence-electron chi connectivity index (χ4n) is 4.52. The summed E-state index contributed by atoms with van der Waals surface area (Å²) in [7, 11) is -16.8. The number of hydrogen-bond donors (Lipinski definition) is 13. The Morgan fingerprint density at radius 2 is 1.52 bits per heavy atom. The van der Waals surface area contributed by atoms with Gasteiger partial charge in [-0.3, -0.25) is 13.7 Å². The normalized spacial score (nSPS) is 30.7. The fraction of sp³-hybridized carbons (Fsp3) is 0.600. The van der Waals surface area contributed by atoms with E-state index >= 15 is 0 Å². The molecule has 0 radical (unpaired) electrons. The number of phosphoric acid groups is 3. The van der Waals surface area contributed by atoms with Crippen LogP contribution in [0.1, 0.15) is 11.8 Å². The minimum atomic E-state index is -5.75. The van der Waals surface area contributed by atoms with E-state index in [9.17, 15) is 58.8 Å². The van der Waals surface area contributed by atoms with Crippen LogP contribution in [0.3, 0.4) is 0 Å². The number of nitrogen functional groups attached to an aromatic ring is 2. The number of rotatable bonds is 12. The first-order valence-corrected chi connectivity index (χ1v) is 17.9. The number of aliphatic hydroxyl groups is 7. The summed E-state index contributed by atoms with van der Waals surface area (Å²) in [5.41, 5.74) is 7.00. The van der Waals surface area contributed by atoms with Crippen LogP contribution >= 0.6 is 23.5 Å². The third-order valence-electron chi connectivity index (χ3n) is 6.82. The number of aromatic nitrogens is 4. The molecule has 0 amide bonds. The lowest BCUT2D eigenvalue weighted by molar-refractivity contribution is -0.174. The summed E-state index contributed by atoms with van der Waals surface area (Å²) in [4.78, 5) is 66.0. The molecule has 27 nitrogen and oxygen atoms in total. The molecule has 50 heavy (non-hydrogen) atoms. The minimum Gasteiger partial charge on any atom is -0.394 e. The molecule has 0 spiro atoms. The summed E-state index contributed by atoms with van der Waals surface area (Å²) < 4.78 is 56.9. The number of nitrogens with two attached hydrogens (primary N) is 2. The fourth-order valence-corrected chi connectivity index (χ4v) is 7.55. The van der Waals surface area contributed by atoms with Crippen LogP contribution in [0.5, 0.6) is 0 Å². The van der Waals surface area contributed by atoms with Crippen LogP contribution in [0.2, 0.25) is 0 Å². The number of ether oxygens (including phenoxy) is 2. The third kappa shape index (κ3) is 9.64. The lowest BCUT2D eigenvalue weighted by Gasteiger charge is -2.31. The lowest BCUT2D eigenvalue weighted by atomic mass is 10.0. The van der Waals surface area contributed by atoms with Crippen LogP contribution < -0.4 is 22.8 Å². The highest BCUT2D eigenvalue weighted by Gasteiger charge is 2.56. The highest BCUT2D eigenvalue weighted by Crippen LogP contribution is 2.66. The van der Waals surface area contributed by atoms with E-state index in [0.717, 1.165) is 10.8 Å². The predicted octanol–water partition coefficient (Wildman–Crippen LogP) is -6.14. The van der Waals surface area contributed by atoms with Crippen LogP contribution in [-0.2, 0) is 48.6 Å². The van der Waals surface area contributed by atoms with Gasteiger partial charge in [0.1, 0.15) is 48.3 Å². The van der Waals surface area contributed by atoms with Gasteiger partial charge in [0.05, 0.1) is 26.4 Å². The molecule has 2 aromatic heterocycles. The van der Waals surface area contributed by atoms with Crippen molar-refractivity contribution in [2.75, 3.05) is 31.3 Å². The molecular weight excluding hydrogens is 753 g/mol. The zero-order chi connectivity index (χ0) is 38.0. The van der Waals surface area contributed by atoms with Gasteiger partial charge in [0.25, 0.3) is 0 Å². The van der Waals surface area contributed by atoms with E-state index in [1.807, 2.05) is 0 Å². The second kappa shape index (κ2) is 16.0. The Balaban J connectivity index is 0.000000303. The van der Waals surface area contributed by atoms with Gasteiger partial charge in [-0.05, 0) is 6.07 Å². The second-order valence-corrected chi connectivity index (χ2v) is 14.6. The van der Waals surface area contributed by atoms with Crippen molar-refractivity contribution in [2.45, 2.75) is 55.2 Å². The first-order chi connectivity index (χ1) is 23.0. The molecule has 2 saturated heterocycles. The molecule has 0 aromatic carbocycles. The van der Waals surface area contributed by atoms with Crippen LogP contribution in [0.15, 0.2) is 28.0 Å². The Hall–Kier alpha value is -2.59. The van der Waals surface area contributed by atoms with Gasteiger partial charge < -0.3 is 76.3 Å². The lowest BCUT2D eigenvalue weighted by Crippen LogP contribution is -2.53. The summed E-state index contributed by atoms with van der Waals surface area (Å²) >= 11 is 0. The van der Waals surface area contributed by atoms with Gasteiger partial charge in [-0.1, -0.05) is 0 Å². The van der Waals surface area contributed by atoms with Gasteiger partial charge in [0.2, 0.25) is 5.72 Å². The molecule has 30 heteroatoms. The van der Waals surface area contributed by atoms with Gasteiger partial charge in [0.15, 0.2) is 6.23 Å².